The average Bonchev–Trinajstić information content (AvgIpc) is 2.29. The molecule has 98 valence electrons. The molecular weight excluding hydrogens is 254 g/mol. The minimum atomic E-state index is -0.766. The summed E-state index contributed by atoms with van der Waals surface area (Å²) in [5.41, 5.74) is -0.766. The van der Waals surface area contributed by atoms with Crippen molar-refractivity contribution >= 4 is 11.8 Å². The molecule has 1 aromatic carbocycles. The van der Waals surface area contributed by atoms with Crippen LogP contribution in [0.15, 0.2) is 23.1 Å². The zero-order valence-electron chi connectivity index (χ0n) is 10.6. The Kier molecular flexibility index (Phi) is 5.12. The van der Waals surface area contributed by atoms with Gasteiger partial charge in [-0.1, -0.05) is 0 Å². The van der Waals surface area contributed by atoms with Gasteiger partial charge in [-0.3, -0.25) is 5.32 Å². The number of benzene rings is 1. The zero-order chi connectivity index (χ0) is 13.8. The summed E-state index contributed by atoms with van der Waals surface area (Å²) in [6, 6.07) is 5.63. The van der Waals surface area contributed by atoms with E-state index in [0.717, 1.165) is 30.0 Å². The standard InChI is InChI=1S/C13H16F2N2S/c1-9(2)17-13(3,7-16)8-18-12-6-10(14)4-5-11(12)15/h4-6,9,17H,8H2,1-3H3. The first-order valence-corrected chi connectivity index (χ1v) is 6.61. The van der Waals surface area contributed by atoms with Gasteiger partial charge in [-0.2, -0.15) is 5.26 Å². The number of halogens is 2. The molecule has 0 aliphatic rings. The fourth-order valence-corrected chi connectivity index (χ4v) is 2.55. The second-order valence-corrected chi connectivity index (χ2v) is 5.62. The summed E-state index contributed by atoms with van der Waals surface area (Å²) in [6.45, 7) is 5.61. The normalized spacial score (nSPS) is 14.3. The highest BCUT2D eigenvalue weighted by molar-refractivity contribution is 7.99. The van der Waals surface area contributed by atoms with Gasteiger partial charge in [0.2, 0.25) is 0 Å². The largest absolute Gasteiger partial charge is 0.297 e. The van der Waals surface area contributed by atoms with Crippen molar-refractivity contribution in [3.05, 3.63) is 29.8 Å². The van der Waals surface area contributed by atoms with Crippen molar-refractivity contribution in [3.63, 3.8) is 0 Å². The first-order valence-electron chi connectivity index (χ1n) is 5.63. The number of nitriles is 1. The van der Waals surface area contributed by atoms with E-state index in [-0.39, 0.29) is 10.9 Å². The maximum absolute atomic E-state index is 13.4. The Balaban J connectivity index is 2.74. The minimum absolute atomic E-state index is 0.146. The molecule has 1 atom stereocenters. The van der Waals surface area contributed by atoms with Crippen molar-refractivity contribution < 1.29 is 8.78 Å². The minimum Gasteiger partial charge on any atom is -0.297 e. The molecule has 1 aromatic rings. The molecular formula is C13H16F2N2S. The zero-order valence-corrected chi connectivity index (χ0v) is 11.4. The third-order valence-electron chi connectivity index (χ3n) is 2.26. The summed E-state index contributed by atoms with van der Waals surface area (Å²) >= 11 is 1.13. The van der Waals surface area contributed by atoms with Crippen LogP contribution in [0.2, 0.25) is 0 Å². The predicted octanol–water partition coefficient (Wildman–Crippen LogP) is 3.34. The Morgan fingerprint density at radius 2 is 2.11 bits per heavy atom. The van der Waals surface area contributed by atoms with E-state index in [1.54, 1.807) is 6.92 Å². The molecule has 18 heavy (non-hydrogen) atoms. The average molecular weight is 270 g/mol. The molecule has 5 heteroatoms. The lowest BCUT2D eigenvalue weighted by Gasteiger charge is -2.25. The second kappa shape index (κ2) is 6.17. The van der Waals surface area contributed by atoms with Gasteiger partial charge in [-0.15, -0.1) is 11.8 Å². The topological polar surface area (TPSA) is 35.8 Å². The molecule has 0 bridgehead atoms. The molecule has 1 rings (SSSR count). The van der Waals surface area contributed by atoms with Crippen LogP contribution < -0.4 is 5.32 Å². The molecule has 1 N–H and O–H groups in total. The van der Waals surface area contributed by atoms with E-state index in [1.165, 1.54) is 0 Å². The van der Waals surface area contributed by atoms with Crippen LogP contribution in [0.5, 0.6) is 0 Å². The van der Waals surface area contributed by atoms with Crippen molar-refractivity contribution in [1.82, 2.24) is 5.32 Å². The maximum Gasteiger partial charge on any atom is 0.136 e. The van der Waals surface area contributed by atoms with Gasteiger partial charge in [-0.25, -0.2) is 8.78 Å². The van der Waals surface area contributed by atoms with Crippen molar-refractivity contribution in [2.75, 3.05) is 5.75 Å². The molecule has 0 fully saturated rings. The van der Waals surface area contributed by atoms with E-state index in [2.05, 4.69) is 11.4 Å². The Hall–Kier alpha value is -1.12. The third kappa shape index (κ3) is 4.28. The summed E-state index contributed by atoms with van der Waals surface area (Å²) in [5, 5.41) is 12.3. The van der Waals surface area contributed by atoms with Crippen LogP contribution in [0.4, 0.5) is 8.78 Å². The van der Waals surface area contributed by atoms with Crippen LogP contribution in [0.1, 0.15) is 20.8 Å². The number of nitrogens with one attached hydrogen (secondary N) is 1. The highest BCUT2D eigenvalue weighted by Crippen LogP contribution is 2.26. The van der Waals surface area contributed by atoms with Crippen molar-refractivity contribution in [3.8, 4) is 6.07 Å². The van der Waals surface area contributed by atoms with Gasteiger partial charge in [0.1, 0.15) is 17.2 Å². The molecule has 0 aliphatic carbocycles. The van der Waals surface area contributed by atoms with E-state index in [9.17, 15) is 8.78 Å². The van der Waals surface area contributed by atoms with Crippen LogP contribution >= 0.6 is 11.8 Å². The molecule has 0 aliphatic heterocycles. The van der Waals surface area contributed by atoms with Gasteiger partial charge in [0.05, 0.1) is 6.07 Å². The fraction of sp³-hybridized carbons (Fsp3) is 0.462. The van der Waals surface area contributed by atoms with E-state index in [1.807, 2.05) is 13.8 Å². The van der Waals surface area contributed by atoms with Crippen molar-refractivity contribution in [2.24, 2.45) is 0 Å². The van der Waals surface area contributed by atoms with Gasteiger partial charge in [0.15, 0.2) is 0 Å². The quantitative estimate of drug-likeness (QED) is 0.834. The second-order valence-electron chi connectivity index (χ2n) is 4.61. The Morgan fingerprint density at radius 3 is 2.67 bits per heavy atom. The number of hydrogen-bond acceptors (Lipinski definition) is 3. The summed E-state index contributed by atoms with van der Waals surface area (Å²) in [4.78, 5) is 0.224. The van der Waals surface area contributed by atoms with Gasteiger partial charge in [-0.05, 0) is 39.0 Å². The Bertz CT molecular complexity index is 457. The number of rotatable bonds is 5. The Labute approximate surface area is 110 Å². The summed E-state index contributed by atoms with van der Waals surface area (Å²) < 4.78 is 26.4. The van der Waals surface area contributed by atoms with Crippen molar-refractivity contribution in [2.45, 2.75) is 37.2 Å². The third-order valence-corrected chi connectivity index (χ3v) is 3.61. The smallest absolute Gasteiger partial charge is 0.136 e. The van der Waals surface area contributed by atoms with E-state index in [4.69, 9.17) is 5.26 Å². The SMILES string of the molecule is CC(C)NC(C)(C#N)CSc1cc(F)ccc1F. The van der Waals surface area contributed by atoms with E-state index >= 15 is 0 Å². The van der Waals surface area contributed by atoms with E-state index in [0.29, 0.717) is 5.75 Å². The van der Waals surface area contributed by atoms with Gasteiger partial charge in [0.25, 0.3) is 0 Å². The molecule has 0 saturated carbocycles. The molecule has 0 spiro atoms. The predicted molar refractivity (Wildman–Crippen MR) is 69.4 cm³/mol. The lowest BCUT2D eigenvalue weighted by Crippen LogP contribution is -2.47. The summed E-state index contributed by atoms with van der Waals surface area (Å²) in [5.74, 6) is -0.595. The lowest BCUT2D eigenvalue weighted by atomic mass is 10.1. The number of thioether (sulfide) groups is 1. The van der Waals surface area contributed by atoms with Crippen molar-refractivity contribution in [1.29, 1.82) is 5.26 Å². The molecule has 2 nitrogen and oxygen atoms in total. The van der Waals surface area contributed by atoms with E-state index < -0.39 is 17.2 Å². The van der Waals surface area contributed by atoms with Gasteiger partial charge in [0, 0.05) is 16.7 Å². The highest BCUT2D eigenvalue weighted by atomic mass is 32.2. The molecule has 0 radical (unpaired) electrons. The molecule has 0 saturated heterocycles. The molecule has 0 heterocycles. The molecule has 0 amide bonds. The van der Waals surface area contributed by atoms with Crippen LogP contribution in [0.25, 0.3) is 0 Å². The van der Waals surface area contributed by atoms with Crippen LogP contribution in [0, 0.1) is 23.0 Å². The van der Waals surface area contributed by atoms with Gasteiger partial charge >= 0.3 is 0 Å². The lowest BCUT2D eigenvalue weighted by molar-refractivity contribution is 0.443. The first-order chi connectivity index (χ1) is 8.36. The summed E-state index contributed by atoms with van der Waals surface area (Å²) in [6.07, 6.45) is 0. The molecule has 1 unspecified atom stereocenters. The maximum atomic E-state index is 13.4. The monoisotopic (exact) mass is 270 g/mol. The van der Waals surface area contributed by atoms with Crippen LogP contribution in [0.3, 0.4) is 0 Å². The highest BCUT2D eigenvalue weighted by Gasteiger charge is 2.25. The first kappa shape index (κ1) is 14.9. The summed E-state index contributed by atoms with van der Waals surface area (Å²) in [7, 11) is 0. The van der Waals surface area contributed by atoms with Crippen LogP contribution in [-0.4, -0.2) is 17.3 Å². The van der Waals surface area contributed by atoms with Crippen LogP contribution in [-0.2, 0) is 0 Å². The van der Waals surface area contributed by atoms with Gasteiger partial charge < -0.3 is 0 Å². The molecule has 0 aromatic heterocycles. The number of hydrogen-bond donors (Lipinski definition) is 1. The number of nitrogens with zero attached hydrogens (tertiary/aromatic N) is 1. The fourth-order valence-electron chi connectivity index (χ4n) is 1.55. The Morgan fingerprint density at radius 1 is 1.44 bits per heavy atom.